The van der Waals surface area contributed by atoms with Gasteiger partial charge in [0.1, 0.15) is 0 Å². The average molecular weight is 404 g/mol. The van der Waals surface area contributed by atoms with E-state index in [4.69, 9.17) is 4.98 Å². The molecule has 4 rings (SSSR count). The van der Waals surface area contributed by atoms with Gasteiger partial charge in [0.2, 0.25) is 0 Å². The van der Waals surface area contributed by atoms with E-state index < -0.39 is 0 Å². The molecule has 1 aliphatic rings. The van der Waals surface area contributed by atoms with Gasteiger partial charge in [-0.1, -0.05) is 25.1 Å². The maximum Gasteiger partial charge on any atom is 0.252 e. The van der Waals surface area contributed by atoms with Gasteiger partial charge in [0.05, 0.1) is 16.8 Å². The quantitative estimate of drug-likeness (QED) is 0.615. The Bertz CT molecular complexity index is 983. The minimum atomic E-state index is -0.0467. The maximum absolute atomic E-state index is 13.0. The van der Waals surface area contributed by atoms with Gasteiger partial charge in [-0.25, -0.2) is 4.98 Å². The molecule has 3 heterocycles. The molecule has 0 atom stereocenters. The first kappa shape index (κ1) is 20.4. The summed E-state index contributed by atoms with van der Waals surface area (Å²) >= 11 is 0. The van der Waals surface area contributed by atoms with E-state index >= 15 is 0 Å². The Hall–Kier alpha value is -2.83. The lowest BCUT2D eigenvalue weighted by molar-refractivity contribution is 0.0950. The number of para-hydroxylation sites is 1. The molecule has 0 spiro atoms. The first-order valence-electron chi connectivity index (χ1n) is 10.8. The van der Waals surface area contributed by atoms with Crippen molar-refractivity contribution in [2.75, 3.05) is 45.8 Å². The predicted molar refractivity (Wildman–Crippen MR) is 120 cm³/mol. The number of aromatic nitrogens is 2. The minimum absolute atomic E-state index is 0.0467. The van der Waals surface area contributed by atoms with Gasteiger partial charge in [0.15, 0.2) is 0 Å². The Morgan fingerprint density at radius 3 is 2.63 bits per heavy atom. The zero-order valence-corrected chi connectivity index (χ0v) is 17.6. The number of pyridine rings is 2. The SMILES string of the molecule is CCN1CCN(CCCNC(=O)c2cc(-c3cccnc3)nc3ccccc23)CC1. The van der Waals surface area contributed by atoms with Crippen LogP contribution in [-0.2, 0) is 0 Å². The van der Waals surface area contributed by atoms with Crippen LogP contribution in [0.25, 0.3) is 22.2 Å². The maximum atomic E-state index is 13.0. The van der Waals surface area contributed by atoms with Gasteiger partial charge < -0.3 is 15.1 Å². The third-order valence-corrected chi connectivity index (χ3v) is 5.77. The molecular weight excluding hydrogens is 374 g/mol. The van der Waals surface area contributed by atoms with Crippen molar-refractivity contribution in [2.24, 2.45) is 0 Å². The van der Waals surface area contributed by atoms with Gasteiger partial charge in [-0.15, -0.1) is 0 Å². The normalized spacial score (nSPS) is 15.4. The number of carbonyl (C=O) groups excluding carboxylic acids is 1. The Balaban J connectivity index is 1.41. The molecule has 1 amide bonds. The molecule has 0 bridgehead atoms. The number of fused-ring (bicyclic) bond motifs is 1. The third kappa shape index (κ3) is 4.83. The van der Waals surface area contributed by atoms with Crippen LogP contribution in [0.4, 0.5) is 0 Å². The molecule has 0 aliphatic carbocycles. The topological polar surface area (TPSA) is 61.4 Å². The number of carbonyl (C=O) groups is 1. The molecule has 0 radical (unpaired) electrons. The fourth-order valence-electron chi connectivity index (χ4n) is 3.95. The number of likely N-dealkylation sites (N-methyl/N-ethyl adjacent to an activating group) is 1. The molecule has 3 aromatic rings. The molecule has 30 heavy (non-hydrogen) atoms. The fourth-order valence-corrected chi connectivity index (χ4v) is 3.95. The highest BCUT2D eigenvalue weighted by molar-refractivity contribution is 6.07. The van der Waals surface area contributed by atoms with Gasteiger partial charge >= 0.3 is 0 Å². The zero-order chi connectivity index (χ0) is 20.8. The summed E-state index contributed by atoms with van der Waals surface area (Å²) in [6.45, 7) is 9.56. The summed E-state index contributed by atoms with van der Waals surface area (Å²) in [5.74, 6) is -0.0467. The Kier molecular flexibility index (Phi) is 6.67. The van der Waals surface area contributed by atoms with Crippen molar-refractivity contribution in [3.8, 4) is 11.3 Å². The van der Waals surface area contributed by atoms with Gasteiger partial charge in [-0.05, 0) is 43.8 Å². The molecular formula is C24H29N5O. The minimum Gasteiger partial charge on any atom is -0.352 e. The van der Waals surface area contributed by atoms with E-state index in [2.05, 4.69) is 27.0 Å². The lowest BCUT2D eigenvalue weighted by Crippen LogP contribution is -2.46. The van der Waals surface area contributed by atoms with Crippen molar-refractivity contribution in [1.29, 1.82) is 0 Å². The van der Waals surface area contributed by atoms with Gasteiger partial charge in [-0.2, -0.15) is 0 Å². The van der Waals surface area contributed by atoms with Crippen LogP contribution in [0, 0.1) is 0 Å². The van der Waals surface area contributed by atoms with Gasteiger partial charge in [0, 0.05) is 56.1 Å². The number of benzene rings is 1. The zero-order valence-electron chi connectivity index (χ0n) is 17.6. The van der Waals surface area contributed by atoms with Crippen LogP contribution in [0.15, 0.2) is 54.9 Å². The number of hydrogen-bond donors (Lipinski definition) is 1. The van der Waals surface area contributed by atoms with E-state index in [9.17, 15) is 4.79 Å². The fraction of sp³-hybridized carbons (Fsp3) is 0.375. The van der Waals surface area contributed by atoms with Crippen molar-refractivity contribution < 1.29 is 4.79 Å². The molecule has 0 unspecified atom stereocenters. The van der Waals surface area contributed by atoms with Crippen LogP contribution < -0.4 is 5.32 Å². The number of piperazine rings is 1. The van der Waals surface area contributed by atoms with Crippen LogP contribution in [0.5, 0.6) is 0 Å². The molecule has 0 saturated carbocycles. The van der Waals surface area contributed by atoms with Crippen LogP contribution >= 0.6 is 0 Å². The number of nitrogens with one attached hydrogen (secondary N) is 1. The molecule has 6 heteroatoms. The monoisotopic (exact) mass is 403 g/mol. The highest BCUT2D eigenvalue weighted by Gasteiger charge is 2.16. The molecule has 2 aromatic heterocycles. The smallest absolute Gasteiger partial charge is 0.252 e. The molecule has 6 nitrogen and oxygen atoms in total. The summed E-state index contributed by atoms with van der Waals surface area (Å²) in [6, 6.07) is 13.5. The molecule has 1 aliphatic heterocycles. The van der Waals surface area contributed by atoms with E-state index in [0.717, 1.165) is 67.8 Å². The average Bonchev–Trinajstić information content (AvgIpc) is 2.82. The summed E-state index contributed by atoms with van der Waals surface area (Å²) in [7, 11) is 0. The largest absolute Gasteiger partial charge is 0.352 e. The van der Waals surface area contributed by atoms with Crippen molar-refractivity contribution in [3.05, 3.63) is 60.4 Å². The van der Waals surface area contributed by atoms with Crippen molar-refractivity contribution in [2.45, 2.75) is 13.3 Å². The van der Waals surface area contributed by atoms with E-state index in [0.29, 0.717) is 12.1 Å². The second-order valence-electron chi connectivity index (χ2n) is 7.70. The molecule has 1 N–H and O–H groups in total. The number of nitrogens with zero attached hydrogens (tertiary/aromatic N) is 4. The van der Waals surface area contributed by atoms with Gasteiger partial charge in [-0.3, -0.25) is 9.78 Å². The lowest BCUT2D eigenvalue weighted by Gasteiger charge is -2.33. The Labute approximate surface area is 177 Å². The second kappa shape index (κ2) is 9.78. The summed E-state index contributed by atoms with van der Waals surface area (Å²) < 4.78 is 0. The summed E-state index contributed by atoms with van der Waals surface area (Å²) in [6.07, 6.45) is 4.47. The molecule has 1 aromatic carbocycles. The lowest BCUT2D eigenvalue weighted by atomic mass is 10.0. The Morgan fingerprint density at radius 2 is 1.87 bits per heavy atom. The predicted octanol–water partition coefficient (Wildman–Crippen LogP) is 3.05. The van der Waals surface area contributed by atoms with Crippen molar-refractivity contribution >= 4 is 16.8 Å². The number of hydrogen-bond acceptors (Lipinski definition) is 5. The Morgan fingerprint density at radius 1 is 1.07 bits per heavy atom. The third-order valence-electron chi connectivity index (χ3n) is 5.77. The van der Waals surface area contributed by atoms with E-state index in [1.807, 2.05) is 42.5 Å². The number of rotatable bonds is 7. The standard InChI is InChI=1S/C24H29N5O/c1-2-28-13-15-29(16-14-28)12-6-11-26-24(30)21-17-23(19-7-5-10-25-18-19)27-22-9-4-3-8-20(21)22/h3-5,7-10,17-18H,2,6,11-16H2,1H3,(H,26,30). The van der Waals surface area contributed by atoms with Crippen molar-refractivity contribution in [3.63, 3.8) is 0 Å². The van der Waals surface area contributed by atoms with E-state index in [1.165, 1.54) is 0 Å². The second-order valence-corrected chi connectivity index (χ2v) is 7.70. The van der Waals surface area contributed by atoms with Crippen LogP contribution in [0.3, 0.4) is 0 Å². The first-order chi connectivity index (χ1) is 14.7. The van der Waals surface area contributed by atoms with E-state index in [1.54, 1.807) is 12.4 Å². The van der Waals surface area contributed by atoms with Crippen LogP contribution in [0.1, 0.15) is 23.7 Å². The highest BCUT2D eigenvalue weighted by Crippen LogP contribution is 2.24. The van der Waals surface area contributed by atoms with Crippen LogP contribution in [0.2, 0.25) is 0 Å². The van der Waals surface area contributed by atoms with Gasteiger partial charge in [0.25, 0.3) is 5.91 Å². The summed E-state index contributed by atoms with van der Waals surface area (Å²) in [4.78, 5) is 26.9. The molecule has 1 saturated heterocycles. The molecule has 156 valence electrons. The first-order valence-corrected chi connectivity index (χ1v) is 10.8. The van der Waals surface area contributed by atoms with Crippen LogP contribution in [-0.4, -0.2) is 71.5 Å². The summed E-state index contributed by atoms with van der Waals surface area (Å²) in [5.41, 5.74) is 3.15. The van der Waals surface area contributed by atoms with Crippen molar-refractivity contribution in [1.82, 2.24) is 25.1 Å². The number of amides is 1. The highest BCUT2D eigenvalue weighted by atomic mass is 16.1. The van der Waals surface area contributed by atoms with E-state index in [-0.39, 0.29) is 5.91 Å². The molecule has 1 fully saturated rings. The summed E-state index contributed by atoms with van der Waals surface area (Å²) in [5, 5.41) is 3.98.